The number of carbonyl (C=O) groups excluding carboxylic acids is 1. The minimum Gasteiger partial charge on any atom is -0.508 e. The van der Waals surface area contributed by atoms with Gasteiger partial charge in [0.15, 0.2) is 0 Å². The molecule has 0 radical (unpaired) electrons. The molecule has 94 valence electrons. The molecule has 0 aliphatic rings. The molecule has 1 aromatic carbocycles. The standard InChI is InChI=1S/C12H13N3O3/c16-9-3-1-8(2-4-9)5-6-13-12(18)10-7-11(17)15-14-10/h1-4,7,16H,5-6H2,(H,13,18)(H2,14,15,17). The number of phenolic OH excluding ortho intramolecular Hbond substituents is 1. The molecule has 0 bridgehead atoms. The van der Waals surface area contributed by atoms with Crippen molar-refractivity contribution < 1.29 is 9.90 Å². The lowest BCUT2D eigenvalue weighted by molar-refractivity contribution is 0.0949. The Bertz CT molecular complexity index is 583. The van der Waals surface area contributed by atoms with E-state index in [2.05, 4.69) is 15.5 Å². The molecular weight excluding hydrogens is 234 g/mol. The van der Waals surface area contributed by atoms with E-state index in [1.807, 2.05) is 0 Å². The minimum atomic E-state index is -0.335. The molecule has 0 saturated heterocycles. The van der Waals surface area contributed by atoms with Crippen molar-refractivity contribution in [2.75, 3.05) is 6.54 Å². The van der Waals surface area contributed by atoms with Crippen molar-refractivity contribution in [2.45, 2.75) is 6.42 Å². The van der Waals surface area contributed by atoms with E-state index in [1.54, 1.807) is 24.3 Å². The third-order valence-electron chi connectivity index (χ3n) is 2.48. The molecule has 6 heteroatoms. The number of carbonyl (C=O) groups is 1. The molecule has 0 fully saturated rings. The van der Waals surface area contributed by atoms with Crippen LogP contribution in [0.3, 0.4) is 0 Å². The van der Waals surface area contributed by atoms with E-state index in [-0.39, 0.29) is 22.9 Å². The Morgan fingerprint density at radius 3 is 2.56 bits per heavy atom. The van der Waals surface area contributed by atoms with Crippen molar-refractivity contribution in [1.29, 1.82) is 0 Å². The van der Waals surface area contributed by atoms with Gasteiger partial charge in [-0.1, -0.05) is 12.1 Å². The number of aromatic nitrogens is 2. The van der Waals surface area contributed by atoms with E-state index in [0.29, 0.717) is 13.0 Å². The first-order valence-corrected chi connectivity index (χ1v) is 5.49. The number of amides is 1. The summed E-state index contributed by atoms with van der Waals surface area (Å²) in [5, 5.41) is 16.6. The lowest BCUT2D eigenvalue weighted by atomic mass is 10.1. The van der Waals surface area contributed by atoms with Gasteiger partial charge < -0.3 is 10.4 Å². The normalized spacial score (nSPS) is 10.2. The van der Waals surface area contributed by atoms with Crippen LogP contribution >= 0.6 is 0 Å². The maximum absolute atomic E-state index is 11.6. The Labute approximate surface area is 103 Å². The summed E-state index contributed by atoms with van der Waals surface area (Å²) in [6, 6.07) is 7.98. The molecule has 0 aliphatic heterocycles. The Morgan fingerprint density at radius 2 is 1.94 bits per heavy atom. The van der Waals surface area contributed by atoms with Gasteiger partial charge in [-0.05, 0) is 24.1 Å². The Kier molecular flexibility index (Phi) is 3.47. The third-order valence-corrected chi connectivity index (χ3v) is 2.48. The maximum atomic E-state index is 11.6. The van der Waals surface area contributed by atoms with Gasteiger partial charge in [0.05, 0.1) is 0 Å². The van der Waals surface area contributed by atoms with Crippen molar-refractivity contribution in [2.24, 2.45) is 0 Å². The largest absolute Gasteiger partial charge is 0.508 e. The average Bonchev–Trinajstić information content (AvgIpc) is 2.78. The molecule has 2 aromatic rings. The molecule has 1 heterocycles. The molecule has 1 aromatic heterocycles. The summed E-state index contributed by atoms with van der Waals surface area (Å²) in [4.78, 5) is 22.4. The summed E-state index contributed by atoms with van der Waals surface area (Å²) in [6.45, 7) is 0.455. The van der Waals surface area contributed by atoms with Gasteiger partial charge in [0.1, 0.15) is 11.4 Å². The zero-order chi connectivity index (χ0) is 13.0. The molecule has 6 nitrogen and oxygen atoms in total. The molecule has 2 rings (SSSR count). The van der Waals surface area contributed by atoms with Crippen LogP contribution in [0.4, 0.5) is 0 Å². The zero-order valence-corrected chi connectivity index (χ0v) is 9.56. The fourth-order valence-electron chi connectivity index (χ4n) is 1.53. The van der Waals surface area contributed by atoms with Gasteiger partial charge in [0.2, 0.25) is 0 Å². The van der Waals surface area contributed by atoms with Crippen LogP contribution in [0, 0.1) is 0 Å². The molecular formula is C12H13N3O3. The highest BCUT2D eigenvalue weighted by molar-refractivity contribution is 5.92. The maximum Gasteiger partial charge on any atom is 0.269 e. The van der Waals surface area contributed by atoms with Crippen LogP contribution in [-0.4, -0.2) is 27.8 Å². The van der Waals surface area contributed by atoms with Crippen LogP contribution in [-0.2, 0) is 6.42 Å². The number of phenols is 1. The third kappa shape index (κ3) is 3.00. The summed E-state index contributed by atoms with van der Waals surface area (Å²) < 4.78 is 0. The van der Waals surface area contributed by atoms with E-state index < -0.39 is 0 Å². The van der Waals surface area contributed by atoms with Gasteiger partial charge in [0.25, 0.3) is 11.5 Å². The van der Waals surface area contributed by atoms with Crippen molar-refractivity contribution in [3.8, 4) is 5.75 Å². The average molecular weight is 247 g/mol. The molecule has 4 N–H and O–H groups in total. The van der Waals surface area contributed by atoms with E-state index >= 15 is 0 Å². The number of rotatable bonds is 4. The number of aromatic hydroxyl groups is 1. The van der Waals surface area contributed by atoms with Gasteiger partial charge in [-0.15, -0.1) is 0 Å². The molecule has 0 unspecified atom stereocenters. The summed E-state index contributed by atoms with van der Waals surface area (Å²) in [7, 11) is 0. The van der Waals surface area contributed by atoms with Crippen LogP contribution in [0.1, 0.15) is 16.1 Å². The summed E-state index contributed by atoms with van der Waals surface area (Å²) >= 11 is 0. The monoisotopic (exact) mass is 247 g/mol. The topological polar surface area (TPSA) is 98.0 Å². The first kappa shape index (κ1) is 12.0. The van der Waals surface area contributed by atoms with Gasteiger partial charge >= 0.3 is 0 Å². The number of hydrogen-bond donors (Lipinski definition) is 4. The number of nitrogens with one attached hydrogen (secondary N) is 3. The van der Waals surface area contributed by atoms with Crippen molar-refractivity contribution in [1.82, 2.24) is 15.5 Å². The number of hydrogen-bond acceptors (Lipinski definition) is 3. The molecule has 0 saturated carbocycles. The van der Waals surface area contributed by atoms with E-state index in [4.69, 9.17) is 5.11 Å². The first-order valence-electron chi connectivity index (χ1n) is 5.49. The summed E-state index contributed by atoms with van der Waals surface area (Å²) in [5.41, 5.74) is 0.889. The predicted octanol–water partition coefficient (Wildman–Crippen LogP) is 0.381. The quantitative estimate of drug-likeness (QED) is 0.628. The molecule has 18 heavy (non-hydrogen) atoms. The summed E-state index contributed by atoms with van der Waals surface area (Å²) in [6.07, 6.45) is 0.653. The van der Waals surface area contributed by atoms with Gasteiger partial charge in [-0.2, -0.15) is 0 Å². The van der Waals surface area contributed by atoms with Gasteiger partial charge in [-0.25, -0.2) is 0 Å². The Hall–Kier alpha value is -2.50. The van der Waals surface area contributed by atoms with Gasteiger partial charge in [-0.3, -0.25) is 19.8 Å². The van der Waals surface area contributed by atoms with Gasteiger partial charge in [0, 0.05) is 12.6 Å². The van der Waals surface area contributed by atoms with E-state index in [1.165, 1.54) is 6.07 Å². The Morgan fingerprint density at radius 1 is 1.22 bits per heavy atom. The SMILES string of the molecule is O=C(NCCc1ccc(O)cc1)c1cc(=O)[nH][nH]1. The number of aromatic amines is 2. The zero-order valence-electron chi connectivity index (χ0n) is 9.56. The second-order valence-corrected chi connectivity index (χ2v) is 3.84. The van der Waals surface area contributed by atoms with Crippen molar-refractivity contribution in [3.05, 3.63) is 51.9 Å². The minimum absolute atomic E-state index is 0.214. The molecule has 1 amide bonds. The lowest BCUT2D eigenvalue weighted by Crippen LogP contribution is -2.26. The number of H-pyrrole nitrogens is 2. The van der Waals surface area contributed by atoms with Crippen molar-refractivity contribution in [3.63, 3.8) is 0 Å². The van der Waals surface area contributed by atoms with E-state index in [0.717, 1.165) is 5.56 Å². The lowest BCUT2D eigenvalue weighted by Gasteiger charge is -2.03. The fourth-order valence-corrected chi connectivity index (χ4v) is 1.53. The van der Waals surface area contributed by atoms with Crippen molar-refractivity contribution >= 4 is 5.91 Å². The molecule has 0 atom stereocenters. The van der Waals surface area contributed by atoms with Crippen LogP contribution in [0.25, 0.3) is 0 Å². The summed E-state index contributed by atoms with van der Waals surface area (Å²) in [5.74, 6) is -0.111. The Balaban J connectivity index is 1.83. The molecule has 0 spiro atoms. The second kappa shape index (κ2) is 5.22. The second-order valence-electron chi connectivity index (χ2n) is 3.84. The van der Waals surface area contributed by atoms with Crippen LogP contribution in [0.15, 0.2) is 35.1 Å². The van der Waals surface area contributed by atoms with Crippen LogP contribution in [0.5, 0.6) is 5.75 Å². The van der Waals surface area contributed by atoms with Crippen LogP contribution in [0.2, 0.25) is 0 Å². The smallest absolute Gasteiger partial charge is 0.269 e. The predicted molar refractivity (Wildman–Crippen MR) is 65.6 cm³/mol. The highest BCUT2D eigenvalue weighted by Gasteiger charge is 2.06. The highest BCUT2D eigenvalue weighted by atomic mass is 16.3. The first-order chi connectivity index (χ1) is 8.65. The highest BCUT2D eigenvalue weighted by Crippen LogP contribution is 2.09. The molecule has 0 aliphatic carbocycles. The van der Waals surface area contributed by atoms with Crippen LogP contribution < -0.4 is 10.9 Å². The van der Waals surface area contributed by atoms with E-state index in [9.17, 15) is 9.59 Å². The number of benzene rings is 1. The fraction of sp³-hybridized carbons (Fsp3) is 0.167.